The minimum Gasteiger partial charge on any atom is -0.353 e. The Morgan fingerprint density at radius 3 is 2.78 bits per heavy atom. The summed E-state index contributed by atoms with van der Waals surface area (Å²) >= 11 is 1.12. The lowest BCUT2D eigenvalue weighted by Gasteiger charge is -2.34. The van der Waals surface area contributed by atoms with Crippen LogP contribution in [0.15, 0.2) is 29.6 Å². The van der Waals surface area contributed by atoms with Crippen LogP contribution in [-0.2, 0) is 11.0 Å². The van der Waals surface area contributed by atoms with Gasteiger partial charge in [0.05, 0.1) is 5.56 Å². The number of carbonyl (C=O) groups is 2. The van der Waals surface area contributed by atoms with Crippen molar-refractivity contribution < 1.29 is 22.8 Å². The summed E-state index contributed by atoms with van der Waals surface area (Å²) in [7, 11) is 3.83. The van der Waals surface area contributed by atoms with Gasteiger partial charge >= 0.3 is 6.18 Å². The number of piperidine rings is 1. The van der Waals surface area contributed by atoms with Gasteiger partial charge in [0.2, 0.25) is 5.91 Å². The molecule has 0 saturated carbocycles. The van der Waals surface area contributed by atoms with Gasteiger partial charge in [-0.2, -0.15) is 13.2 Å². The fraction of sp³-hybridized carbons (Fsp3) is 0.476. The average molecular weight is 470 g/mol. The number of benzene rings is 1. The Hall–Kier alpha value is -2.66. The second kappa shape index (κ2) is 10.3. The van der Waals surface area contributed by atoms with E-state index < -0.39 is 17.8 Å². The summed E-state index contributed by atoms with van der Waals surface area (Å²) in [5, 5.41) is 7.55. The number of halogens is 3. The van der Waals surface area contributed by atoms with E-state index in [0.717, 1.165) is 36.3 Å². The van der Waals surface area contributed by atoms with E-state index in [2.05, 4.69) is 15.6 Å². The second-order valence-electron chi connectivity index (χ2n) is 7.85. The Bertz CT molecular complexity index is 948. The summed E-state index contributed by atoms with van der Waals surface area (Å²) in [5.41, 5.74) is -0.381. The Morgan fingerprint density at radius 2 is 2.06 bits per heavy atom. The molecule has 174 valence electrons. The maximum Gasteiger partial charge on any atom is 0.416 e. The SMILES string of the molecule is CN(C)CCNC(=O)C1CCCCN1C(=O)c1csc(Nc2cccc(C(F)(F)F)c2)n1. The molecule has 1 aromatic carbocycles. The standard InChI is InChI=1S/C21H26F3N5O2S/c1-28(2)11-9-25-18(30)17-8-3-4-10-29(17)19(31)16-13-32-20(27-16)26-15-7-5-6-14(12-15)21(22,23)24/h5-7,12-13,17H,3-4,8-11H2,1-2H3,(H,25,30)(H,26,27). The van der Waals surface area contributed by atoms with Gasteiger partial charge in [-0.1, -0.05) is 6.07 Å². The maximum absolute atomic E-state index is 13.1. The van der Waals surface area contributed by atoms with Gasteiger partial charge in [-0.25, -0.2) is 4.98 Å². The summed E-state index contributed by atoms with van der Waals surface area (Å²) in [5.74, 6) is -0.539. The summed E-state index contributed by atoms with van der Waals surface area (Å²) in [4.78, 5) is 33.4. The van der Waals surface area contributed by atoms with Crippen LogP contribution in [0.25, 0.3) is 0 Å². The normalized spacial score (nSPS) is 16.8. The van der Waals surface area contributed by atoms with Gasteiger partial charge in [0.1, 0.15) is 11.7 Å². The van der Waals surface area contributed by atoms with Crippen molar-refractivity contribution >= 4 is 34.0 Å². The lowest BCUT2D eigenvalue weighted by molar-refractivity contribution is -0.137. The molecule has 32 heavy (non-hydrogen) atoms. The van der Waals surface area contributed by atoms with Crippen molar-refractivity contribution in [3.8, 4) is 0 Å². The van der Waals surface area contributed by atoms with E-state index >= 15 is 0 Å². The van der Waals surface area contributed by atoms with Crippen molar-refractivity contribution in [1.29, 1.82) is 0 Å². The average Bonchev–Trinajstić information content (AvgIpc) is 3.21. The Labute approximate surface area is 188 Å². The Kier molecular flexibility index (Phi) is 7.73. The van der Waals surface area contributed by atoms with Crippen LogP contribution in [0.2, 0.25) is 0 Å². The van der Waals surface area contributed by atoms with Crippen molar-refractivity contribution in [1.82, 2.24) is 20.1 Å². The monoisotopic (exact) mass is 469 g/mol. The summed E-state index contributed by atoms with van der Waals surface area (Å²) in [6, 6.07) is 4.22. The molecule has 7 nitrogen and oxygen atoms in total. The highest BCUT2D eigenvalue weighted by molar-refractivity contribution is 7.14. The third-order valence-electron chi connectivity index (χ3n) is 5.09. The first-order valence-electron chi connectivity index (χ1n) is 10.3. The Morgan fingerprint density at radius 1 is 1.28 bits per heavy atom. The molecule has 0 aliphatic carbocycles. The minimum absolute atomic E-state index is 0.164. The molecule has 1 fully saturated rings. The number of carbonyl (C=O) groups excluding carboxylic acids is 2. The third-order valence-corrected chi connectivity index (χ3v) is 5.85. The van der Waals surface area contributed by atoms with Crippen LogP contribution in [0, 0.1) is 0 Å². The highest BCUT2D eigenvalue weighted by Crippen LogP contribution is 2.32. The number of nitrogens with one attached hydrogen (secondary N) is 2. The Balaban J connectivity index is 1.68. The summed E-state index contributed by atoms with van der Waals surface area (Å²) in [6.07, 6.45) is -2.21. The number of thiazole rings is 1. The minimum atomic E-state index is -4.45. The number of hydrogen-bond acceptors (Lipinski definition) is 6. The number of rotatable bonds is 7. The van der Waals surface area contributed by atoms with Crippen molar-refractivity contribution in [2.75, 3.05) is 39.0 Å². The molecule has 2 heterocycles. The van der Waals surface area contributed by atoms with Gasteiger partial charge in [-0.05, 0) is 51.6 Å². The first-order chi connectivity index (χ1) is 15.1. The first-order valence-corrected chi connectivity index (χ1v) is 11.2. The molecular formula is C21H26F3N5O2S. The molecule has 1 saturated heterocycles. The molecule has 2 aromatic rings. The molecule has 1 aromatic heterocycles. The molecule has 3 rings (SSSR count). The topological polar surface area (TPSA) is 77.6 Å². The van der Waals surface area contributed by atoms with Gasteiger partial charge in [0.15, 0.2) is 5.13 Å². The zero-order valence-corrected chi connectivity index (χ0v) is 18.7. The number of aromatic nitrogens is 1. The lowest BCUT2D eigenvalue weighted by Crippen LogP contribution is -2.52. The number of hydrogen-bond donors (Lipinski definition) is 2. The van der Waals surface area contributed by atoms with Crippen LogP contribution in [-0.4, -0.2) is 66.4 Å². The van der Waals surface area contributed by atoms with Gasteiger partial charge in [0.25, 0.3) is 5.91 Å². The van der Waals surface area contributed by atoms with Gasteiger partial charge < -0.3 is 20.4 Å². The van der Waals surface area contributed by atoms with E-state index in [0.29, 0.717) is 31.2 Å². The van der Waals surface area contributed by atoms with Crippen LogP contribution in [0.4, 0.5) is 24.0 Å². The molecular weight excluding hydrogens is 443 g/mol. The molecule has 11 heteroatoms. The highest BCUT2D eigenvalue weighted by atomic mass is 32.1. The molecule has 1 aliphatic rings. The van der Waals surface area contributed by atoms with Crippen LogP contribution in [0.3, 0.4) is 0 Å². The van der Waals surface area contributed by atoms with Crippen LogP contribution < -0.4 is 10.6 Å². The number of nitrogens with zero attached hydrogens (tertiary/aromatic N) is 3. The predicted octanol–water partition coefficient (Wildman–Crippen LogP) is 3.58. The largest absolute Gasteiger partial charge is 0.416 e. The summed E-state index contributed by atoms with van der Waals surface area (Å²) < 4.78 is 38.7. The van der Waals surface area contributed by atoms with E-state index in [-0.39, 0.29) is 23.2 Å². The molecule has 0 spiro atoms. The van der Waals surface area contributed by atoms with Gasteiger partial charge in [-0.15, -0.1) is 11.3 Å². The van der Waals surface area contributed by atoms with Crippen LogP contribution in [0.1, 0.15) is 35.3 Å². The molecule has 1 unspecified atom stereocenters. The van der Waals surface area contributed by atoms with Crippen LogP contribution >= 0.6 is 11.3 Å². The number of likely N-dealkylation sites (tertiary alicyclic amines) is 1. The van der Waals surface area contributed by atoms with Gasteiger partial charge in [-0.3, -0.25) is 9.59 Å². The predicted molar refractivity (Wildman–Crippen MR) is 117 cm³/mol. The fourth-order valence-electron chi connectivity index (χ4n) is 3.44. The molecule has 1 aliphatic heterocycles. The van der Waals surface area contributed by atoms with E-state index in [4.69, 9.17) is 0 Å². The fourth-order valence-corrected chi connectivity index (χ4v) is 4.15. The quantitative estimate of drug-likeness (QED) is 0.648. The highest BCUT2D eigenvalue weighted by Gasteiger charge is 2.33. The zero-order valence-electron chi connectivity index (χ0n) is 17.9. The molecule has 0 radical (unpaired) electrons. The van der Waals surface area contributed by atoms with E-state index in [1.165, 1.54) is 17.0 Å². The number of amides is 2. The molecule has 0 bridgehead atoms. The maximum atomic E-state index is 13.1. The van der Waals surface area contributed by atoms with Gasteiger partial charge in [0, 0.05) is 30.7 Å². The summed E-state index contributed by atoms with van der Waals surface area (Å²) in [6.45, 7) is 1.65. The molecule has 2 N–H and O–H groups in total. The number of anilines is 2. The van der Waals surface area contributed by atoms with E-state index in [9.17, 15) is 22.8 Å². The lowest BCUT2D eigenvalue weighted by atomic mass is 10.0. The molecule has 1 atom stereocenters. The van der Waals surface area contributed by atoms with Crippen molar-refractivity contribution in [2.24, 2.45) is 0 Å². The van der Waals surface area contributed by atoms with E-state index in [1.54, 1.807) is 5.38 Å². The van der Waals surface area contributed by atoms with Crippen LogP contribution in [0.5, 0.6) is 0 Å². The second-order valence-corrected chi connectivity index (χ2v) is 8.70. The number of likely N-dealkylation sites (N-methyl/N-ethyl adjacent to an activating group) is 1. The smallest absolute Gasteiger partial charge is 0.353 e. The third kappa shape index (κ3) is 6.19. The van der Waals surface area contributed by atoms with Crippen molar-refractivity contribution in [3.63, 3.8) is 0 Å². The van der Waals surface area contributed by atoms with Crippen molar-refractivity contribution in [2.45, 2.75) is 31.5 Å². The first kappa shape index (κ1) is 24.0. The molecule has 2 amide bonds. The van der Waals surface area contributed by atoms with E-state index in [1.807, 2.05) is 19.0 Å². The zero-order chi connectivity index (χ0) is 23.3. The number of alkyl halides is 3. The van der Waals surface area contributed by atoms with Crippen molar-refractivity contribution in [3.05, 3.63) is 40.9 Å².